The summed E-state index contributed by atoms with van der Waals surface area (Å²) in [6, 6.07) is 5.54. The van der Waals surface area contributed by atoms with E-state index in [0.29, 0.717) is 11.5 Å². The first kappa shape index (κ1) is 21.4. The molecule has 0 aliphatic carbocycles. The van der Waals surface area contributed by atoms with Gasteiger partial charge in [0.25, 0.3) is 0 Å². The number of benzene rings is 1. The molecule has 1 aliphatic heterocycles. The van der Waals surface area contributed by atoms with Gasteiger partial charge in [0.15, 0.2) is 11.5 Å². The first-order valence-corrected chi connectivity index (χ1v) is 10.3. The van der Waals surface area contributed by atoms with Gasteiger partial charge in [-0.1, -0.05) is 38.8 Å². The molecule has 0 spiro atoms. The summed E-state index contributed by atoms with van der Waals surface area (Å²) >= 11 is 0.941. The molecule has 1 aliphatic rings. The molecule has 1 heterocycles. The Morgan fingerprint density at radius 1 is 1.37 bits per heavy atom. The van der Waals surface area contributed by atoms with E-state index in [1.54, 1.807) is 13.1 Å². The molecule has 0 bridgehead atoms. The topological polar surface area (TPSA) is 67.9 Å². The number of carbonyl (C=O) groups is 2. The van der Waals surface area contributed by atoms with Crippen LogP contribution in [0.1, 0.15) is 58.9 Å². The van der Waals surface area contributed by atoms with Crippen LogP contribution in [0.3, 0.4) is 0 Å². The molecule has 0 saturated heterocycles. The van der Waals surface area contributed by atoms with Crippen LogP contribution in [0.4, 0.5) is 4.79 Å². The number of para-hydroxylation sites is 1. The molecule has 2 amide bonds. The first-order chi connectivity index (χ1) is 12.8. The van der Waals surface area contributed by atoms with Crippen LogP contribution in [0.15, 0.2) is 18.2 Å². The van der Waals surface area contributed by atoms with E-state index >= 15 is 0 Å². The Kier molecular flexibility index (Phi) is 7.41. The molecule has 1 aromatic carbocycles. The number of amides is 2. The Bertz CT molecular complexity index is 678. The van der Waals surface area contributed by atoms with Crippen LogP contribution < -0.4 is 14.2 Å². The molecule has 2 rings (SSSR count). The van der Waals surface area contributed by atoms with E-state index in [2.05, 4.69) is 11.6 Å². The molecule has 1 aromatic rings. The third-order valence-electron chi connectivity index (χ3n) is 4.56. The van der Waals surface area contributed by atoms with Gasteiger partial charge in [-0.05, 0) is 32.8 Å². The zero-order valence-electron chi connectivity index (χ0n) is 16.8. The molecule has 1 N–H and O–H groups in total. The third-order valence-corrected chi connectivity index (χ3v) is 5.28. The van der Waals surface area contributed by atoms with Crippen molar-refractivity contribution in [3.05, 3.63) is 23.8 Å². The van der Waals surface area contributed by atoms with E-state index in [1.807, 2.05) is 32.9 Å². The zero-order valence-corrected chi connectivity index (χ0v) is 17.6. The van der Waals surface area contributed by atoms with Gasteiger partial charge in [0.2, 0.25) is 5.91 Å². The van der Waals surface area contributed by atoms with Gasteiger partial charge in [0, 0.05) is 24.9 Å². The predicted octanol–water partition coefficient (Wildman–Crippen LogP) is 4.73. The summed E-state index contributed by atoms with van der Waals surface area (Å²) in [6.45, 7) is 8.10. The number of carbonyl (C=O) groups excluding carboxylic acids is 2. The molecule has 0 aromatic heterocycles. The summed E-state index contributed by atoms with van der Waals surface area (Å²) in [5.41, 5.74) is 0.711. The van der Waals surface area contributed by atoms with E-state index in [9.17, 15) is 9.59 Å². The number of unbranched alkanes of at least 4 members (excludes halogenated alkanes) is 1. The summed E-state index contributed by atoms with van der Waals surface area (Å²) in [7, 11) is 1.56. The van der Waals surface area contributed by atoms with Gasteiger partial charge in [-0.15, -0.1) is 0 Å². The molecular formula is C20H30N2O4S. The average Bonchev–Trinajstić information content (AvgIpc) is 2.95. The summed E-state index contributed by atoms with van der Waals surface area (Å²) in [4.78, 5) is 24.6. The van der Waals surface area contributed by atoms with E-state index in [4.69, 9.17) is 9.47 Å². The molecule has 1 atom stereocenters. The van der Waals surface area contributed by atoms with E-state index in [0.717, 1.165) is 49.8 Å². The summed E-state index contributed by atoms with van der Waals surface area (Å²) in [6.07, 6.45) is 3.92. The quantitative estimate of drug-likeness (QED) is 0.646. The maximum atomic E-state index is 12.4. The highest BCUT2D eigenvalue weighted by atomic mass is 32.2. The number of fused-ring (bicyclic) bond motifs is 1. The Morgan fingerprint density at radius 3 is 2.78 bits per heavy atom. The van der Waals surface area contributed by atoms with Gasteiger partial charge in [-0.3, -0.25) is 9.52 Å². The van der Waals surface area contributed by atoms with E-state index in [1.165, 1.54) is 4.31 Å². The maximum absolute atomic E-state index is 12.4. The lowest BCUT2D eigenvalue weighted by atomic mass is 9.99. The van der Waals surface area contributed by atoms with Gasteiger partial charge >= 0.3 is 6.09 Å². The fourth-order valence-corrected chi connectivity index (χ4v) is 3.54. The number of ether oxygens (including phenoxy) is 2. The van der Waals surface area contributed by atoms with Crippen molar-refractivity contribution < 1.29 is 19.1 Å². The minimum Gasteiger partial charge on any atom is -0.483 e. The highest BCUT2D eigenvalue weighted by molar-refractivity contribution is 7.96. The molecule has 150 valence electrons. The Morgan fingerprint density at radius 2 is 2.11 bits per heavy atom. The number of hydrogen-bond acceptors (Lipinski definition) is 5. The van der Waals surface area contributed by atoms with Crippen LogP contribution in [0, 0.1) is 5.92 Å². The minimum atomic E-state index is -0.566. The third kappa shape index (κ3) is 5.79. The summed E-state index contributed by atoms with van der Waals surface area (Å²) in [5, 5.41) is 0. The SMILES string of the molecule is CCCCC(CC)C(=O)NSN(C)C(=O)Oc1cccc2c1OC(C)(C)C2. The molecule has 7 heteroatoms. The fraction of sp³-hybridized carbons (Fsp3) is 0.600. The van der Waals surface area contributed by atoms with E-state index < -0.39 is 6.09 Å². The highest BCUT2D eigenvalue weighted by Gasteiger charge is 2.33. The second-order valence-electron chi connectivity index (χ2n) is 7.45. The molecule has 0 radical (unpaired) electrons. The Labute approximate surface area is 166 Å². The van der Waals surface area contributed by atoms with Crippen LogP contribution in [0.2, 0.25) is 0 Å². The van der Waals surface area contributed by atoms with Crippen molar-refractivity contribution in [2.24, 2.45) is 5.92 Å². The van der Waals surface area contributed by atoms with Crippen molar-refractivity contribution in [1.82, 2.24) is 9.03 Å². The number of nitrogens with one attached hydrogen (secondary N) is 1. The number of nitrogens with zero attached hydrogens (tertiary/aromatic N) is 1. The summed E-state index contributed by atoms with van der Waals surface area (Å²) in [5.74, 6) is 0.927. The predicted molar refractivity (Wildman–Crippen MR) is 108 cm³/mol. The van der Waals surface area contributed by atoms with Gasteiger partial charge in [-0.2, -0.15) is 0 Å². The smallest absolute Gasteiger partial charge is 0.426 e. The molecule has 0 fully saturated rings. The lowest BCUT2D eigenvalue weighted by Gasteiger charge is -2.20. The van der Waals surface area contributed by atoms with Crippen LogP contribution in [0.5, 0.6) is 11.5 Å². The van der Waals surface area contributed by atoms with Crippen LogP contribution in [-0.4, -0.2) is 29.0 Å². The van der Waals surface area contributed by atoms with Crippen LogP contribution in [0.25, 0.3) is 0 Å². The molecular weight excluding hydrogens is 364 g/mol. The molecule has 6 nitrogen and oxygen atoms in total. The maximum Gasteiger partial charge on any atom is 0.426 e. The second kappa shape index (κ2) is 9.35. The summed E-state index contributed by atoms with van der Waals surface area (Å²) < 4.78 is 15.4. The van der Waals surface area contributed by atoms with Crippen LogP contribution in [-0.2, 0) is 11.2 Å². The largest absolute Gasteiger partial charge is 0.483 e. The lowest BCUT2D eigenvalue weighted by molar-refractivity contribution is -0.123. The lowest BCUT2D eigenvalue weighted by Crippen LogP contribution is -2.32. The second-order valence-corrected chi connectivity index (χ2v) is 8.39. The van der Waals surface area contributed by atoms with Crippen molar-refractivity contribution in [3.8, 4) is 11.5 Å². The normalized spacial score (nSPS) is 15.4. The standard InChI is InChI=1S/C20H30N2O4S/c1-6-8-10-14(7-2)18(23)21-27-22(5)19(24)25-16-12-9-11-15-13-20(3,4)26-17(15)16/h9,11-12,14H,6-8,10,13H2,1-5H3,(H,21,23). The van der Waals surface area contributed by atoms with Gasteiger partial charge in [-0.25, -0.2) is 9.10 Å². The number of rotatable bonds is 8. The van der Waals surface area contributed by atoms with Crippen molar-refractivity contribution in [2.75, 3.05) is 7.05 Å². The molecule has 0 saturated carbocycles. The van der Waals surface area contributed by atoms with Crippen molar-refractivity contribution in [1.29, 1.82) is 0 Å². The molecule has 27 heavy (non-hydrogen) atoms. The zero-order chi connectivity index (χ0) is 20.0. The number of hydrogen-bond donors (Lipinski definition) is 1. The minimum absolute atomic E-state index is 0.0325. The fourth-order valence-electron chi connectivity index (χ4n) is 3.03. The molecule has 1 unspecified atom stereocenters. The van der Waals surface area contributed by atoms with Crippen molar-refractivity contribution in [3.63, 3.8) is 0 Å². The van der Waals surface area contributed by atoms with Gasteiger partial charge in [0.1, 0.15) is 5.60 Å². The van der Waals surface area contributed by atoms with Crippen molar-refractivity contribution in [2.45, 2.75) is 65.4 Å². The monoisotopic (exact) mass is 394 g/mol. The van der Waals surface area contributed by atoms with Gasteiger partial charge < -0.3 is 9.47 Å². The van der Waals surface area contributed by atoms with E-state index in [-0.39, 0.29) is 17.4 Å². The average molecular weight is 395 g/mol. The first-order valence-electron chi connectivity index (χ1n) is 9.50. The highest BCUT2D eigenvalue weighted by Crippen LogP contribution is 2.41. The Balaban J connectivity index is 1.90. The Hall–Kier alpha value is -1.89. The van der Waals surface area contributed by atoms with Gasteiger partial charge in [0.05, 0.1) is 12.1 Å². The van der Waals surface area contributed by atoms with Crippen LogP contribution >= 0.6 is 12.1 Å². The van der Waals surface area contributed by atoms with Crippen molar-refractivity contribution >= 4 is 24.1 Å².